The molecule has 1 aromatic carbocycles. The Morgan fingerprint density at radius 3 is 2.37 bits per heavy atom. The molecule has 0 heterocycles. The van der Waals surface area contributed by atoms with E-state index in [2.05, 4.69) is 4.72 Å². The molecule has 106 valence electrons. The Labute approximate surface area is 117 Å². The normalized spacial score (nSPS) is 13.1. The number of halogens is 1. The monoisotopic (exact) mass is 306 g/mol. The first-order valence-electron chi connectivity index (χ1n) is 5.37. The highest BCUT2D eigenvalue weighted by Crippen LogP contribution is 2.14. The molecule has 1 aromatic rings. The van der Waals surface area contributed by atoms with Crippen molar-refractivity contribution in [2.24, 2.45) is 0 Å². The standard InChI is InChI=1S/C11H15ClN2O4S/c1-8(11(15)14(2)18-3)13-19(16,17)10-6-4-9(12)5-7-10/h4-8,13H,1-3H3. The van der Waals surface area contributed by atoms with Gasteiger partial charge in [-0.2, -0.15) is 4.72 Å². The molecule has 0 aromatic heterocycles. The van der Waals surface area contributed by atoms with E-state index in [0.29, 0.717) is 5.02 Å². The molecular weight excluding hydrogens is 292 g/mol. The van der Waals surface area contributed by atoms with Crippen molar-refractivity contribution in [1.29, 1.82) is 0 Å². The molecule has 1 amide bonds. The maximum absolute atomic E-state index is 12.0. The summed E-state index contributed by atoms with van der Waals surface area (Å²) in [6, 6.07) is 4.71. The third kappa shape index (κ3) is 4.17. The summed E-state index contributed by atoms with van der Waals surface area (Å²) in [5.74, 6) is -0.500. The van der Waals surface area contributed by atoms with Crippen LogP contribution in [0.25, 0.3) is 0 Å². The third-order valence-electron chi connectivity index (χ3n) is 2.41. The SMILES string of the molecule is CON(C)C(=O)C(C)NS(=O)(=O)c1ccc(Cl)cc1. The van der Waals surface area contributed by atoms with Crippen molar-refractivity contribution in [2.75, 3.05) is 14.2 Å². The fourth-order valence-corrected chi connectivity index (χ4v) is 2.65. The first-order valence-corrected chi connectivity index (χ1v) is 7.23. The number of hydroxylamine groups is 2. The number of sulfonamides is 1. The van der Waals surface area contributed by atoms with Gasteiger partial charge in [-0.05, 0) is 31.2 Å². The zero-order valence-electron chi connectivity index (χ0n) is 10.8. The lowest BCUT2D eigenvalue weighted by atomic mass is 10.3. The average Bonchev–Trinajstić information content (AvgIpc) is 2.36. The summed E-state index contributed by atoms with van der Waals surface area (Å²) in [7, 11) is -1.06. The number of nitrogens with one attached hydrogen (secondary N) is 1. The van der Waals surface area contributed by atoms with Crippen LogP contribution in [0.3, 0.4) is 0 Å². The molecule has 0 spiro atoms. The van der Waals surface area contributed by atoms with Crippen molar-refractivity contribution in [3.63, 3.8) is 0 Å². The van der Waals surface area contributed by atoms with E-state index in [4.69, 9.17) is 16.4 Å². The molecule has 1 unspecified atom stereocenters. The fourth-order valence-electron chi connectivity index (χ4n) is 1.33. The van der Waals surface area contributed by atoms with Crippen LogP contribution < -0.4 is 4.72 Å². The molecule has 1 atom stereocenters. The van der Waals surface area contributed by atoms with Crippen LogP contribution >= 0.6 is 11.6 Å². The molecule has 0 aliphatic heterocycles. The van der Waals surface area contributed by atoms with Crippen LogP contribution in [0.15, 0.2) is 29.2 Å². The lowest BCUT2D eigenvalue weighted by Gasteiger charge is -2.19. The quantitative estimate of drug-likeness (QED) is 0.824. The first-order chi connectivity index (χ1) is 8.77. The van der Waals surface area contributed by atoms with Crippen LogP contribution in [0.4, 0.5) is 0 Å². The number of amides is 1. The largest absolute Gasteiger partial charge is 0.275 e. The summed E-state index contributed by atoms with van der Waals surface area (Å²) < 4.78 is 26.3. The van der Waals surface area contributed by atoms with Crippen molar-refractivity contribution >= 4 is 27.5 Å². The smallest absolute Gasteiger partial charge is 0.263 e. The maximum Gasteiger partial charge on any atom is 0.263 e. The van der Waals surface area contributed by atoms with Gasteiger partial charge in [-0.25, -0.2) is 13.5 Å². The van der Waals surface area contributed by atoms with Crippen molar-refractivity contribution in [3.05, 3.63) is 29.3 Å². The summed E-state index contributed by atoms with van der Waals surface area (Å²) >= 11 is 5.69. The number of benzene rings is 1. The van der Waals surface area contributed by atoms with Crippen molar-refractivity contribution in [2.45, 2.75) is 17.9 Å². The predicted molar refractivity (Wildman–Crippen MR) is 71.0 cm³/mol. The van der Waals surface area contributed by atoms with Crippen LogP contribution in [-0.2, 0) is 19.7 Å². The van der Waals surface area contributed by atoms with Crippen LogP contribution in [-0.4, -0.2) is 39.6 Å². The van der Waals surface area contributed by atoms with Gasteiger partial charge < -0.3 is 0 Å². The number of rotatable bonds is 5. The summed E-state index contributed by atoms with van der Waals surface area (Å²) in [5, 5.41) is 1.39. The van der Waals surface area contributed by atoms with Gasteiger partial charge in [0.1, 0.15) is 6.04 Å². The van der Waals surface area contributed by atoms with E-state index >= 15 is 0 Å². The highest BCUT2D eigenvalue weighted by Gasteiger charge is 2.24. The topological polar surface area (TPSA) is 75.7 Å². The molecule has 1 N–H and O–H groups in total. The summed E-state index contributed by atoms with van der Waals surface area (Å²) in [5.41, 5.74) is 0. The molecule has 19 heavy (non-hydrogen) atoms. The summed E-state index contributed by atoms with van der Waals surface area (Å²) in [4.78, 5) is 16.4. The van der Waals surface area contributed by atoms with E-state index < -0.39 is 22.0 Å². The van der Waals surface area contributed by atoms with E-state index in [1.807, 2.05) is 0 Å². The van der Waals surface area contributed by atoms with Crippen LogP contribution in [0.5, 0.6) is 0 Å². The second-order valence-electron chi connectivity index (χ2n) is 3.82. The molecule has 0 bridgehead atoms. The minimum absolute atomic E-state index is 0.0385. The zero-order valence-corrected chi connectivity index (χ0v) is 12.3. The molecule has 0 aliphatic rings. The molecule has 0 aliphatic carbocycles. The fraction of sp³-hybridized carbons (Fsp3) is 0.364. The van der Waals surface area contributed by atoms with E-state index in [0.717, 1.165) is 5.06 Å². The van der Waals surface area contributed by atoms with Gasteiger partial charge in [0.25, 0.3) is 5.91 Å². The van der Waals surface area contributed by atoms with E-state index in [-0.39, 0.29) is 4.90 Å². The highest BCUT2D eigenvalue weighted by molar-refractivity contribution is 7.89. The third-order valence-corrected chi connectivity index (χ3v) is 4.22. The van der Waals surface area contributed by atoms with Crippen LogP contribution in [0.2, 0.25) is 5.02 Å². The van der Waals surface area contributed by atoms with Gasteiger partial charge in [0.15, 0.2) is 0 Å². The van der Waals surface area contributed by atoms with Gasteiger partial charge in [0.2, 0.25) is 10.0 Å². The average molecular weight is 307 g/mol. The zero-order chi connectivity index (χ0) is 14.6. The number of carbonyl (C=O) groups excluding carboxylic acids is 1. The first kappa shape index (κ1) is 15.9. The maximum atomic E-state index is 12.0. The Kier molecular flexibility index (Phi) is 5.30. The number of hydrogen-bond acceptors (Lipinski definition) is 4. The van der Waals surface area contributed by atoms with Gasteiger partial charge in [-0.3, -0.25) is 9.63 Å². The molecular formula is C11H15ClN2O4S. The van der Waals surface area contributed by atoms with Crippen molar-refractivity contribution in [1.82, 2.24) is 9.79 Å². The Bertz CT molecular complexity index is 544. The van der Waals surface area contributed by atoms with Crippen molar-refractivity contribution in [3.8, 4) is 0 Å². The lowest BCUT2D eigenvalue weighted by molar-refractivity contribution is -0.170. The number of carbonyl (C=O) groups is 1. The number of hydrogen-bond donors (Lipinski definition) is 1. The predicted octanol–water partition coefficient (Wildman–Crippen LogP) is 1.03. The Balaban J connectivity index is 2.86. The van der Waals surface area contributed by atoms with Crippen molar-refractivity contribution < 1.29 is 18.0 Å². The molecule has 0 radical (unpaired) electrons. The molecule has 0 saturated heterocycles. The van der Waals surface area contributed by atoms with Gasteiger partial charge in [0, 0.05) is 12.1 Å². The number of nitrogens with zero attached hydrogens (tertiary/aromatic N) is 1. The van der Waals surface area contributed by atoms with E-state index in [1.165, 1.54) is 45.3 Å². The molecule has 0 fully saturated rings. The molecule has 8 heteroatoms. The second-order valence-corrected chi connectivity index (χ2v) is 5.97. The van der Waals surface area contributed by atoms with Crippen LogP contribution in [0, 0.1) is 0 Å². The minimum atomic E-state index is -3.77. The van der Waals surface area contributed by atoms with Gasteiger partial charge in [-0.15, -0.1) is 0 Å². The lowest BCUT2D eigenvalue weighted by Crippen LogP contribution is -2.45. The Hall–Kier alpha value is -1.15. The number of likely N-dealkylation sites (N-methyl/N-ethyl adjacent to an activating group) is 1. The Morgan fingerprint density at radius 2 is 1.89 bits per heavy atom. The molecule has 0 saturated carbocycles. The summed E-state index contributed by atoms with van der Waals surface area (Å²) in [6.07, 6.45) is 0. The highest BCUT2D eigenvalue weighted by atomic mass is 35.5. The van der Waals surface area contributed by atoms with Gasteiger partial charge in [-0.1, -0.05) is 11.6 Å². The van der Waals surface area contributed by atoms with Crippen LogP contribution in [0.1, 0.15) is 6.92 Å². The van der Waals surface area contributed by atoms with E-state index in [1.54, 1.807) is 0 Å². The molecule has 1 rings (SSSR count). The van der Waals surface area contributed by atoms with Gasteiger partial charge in [0.05, 0.1) is 12.0 Å². The molecule has 6 nitrogen and oxygen atoms in total. The second kappa shape index (κ2) is 6.33. The Morgan fingerprint density at radius 1 is 1.37 bits per heavy atom. The van der Waals surface area contributed by atoms with E-state index in [9.17, 15) is 13.2 Å². The van der Waals surface area contributed by atoms with Gasteiger partial charge >= 0.3 is 0 Å². The summed E-state index contributed by atoms with van der Waals surface area (Å²) in [6.45, 7) is 1.44. The minimum Gasteiger partial charge on any atom is -0.275 e.